The number of aryl methyl sites for hydroxylation is 2. The highest BCUT2D eigenvalue weighted by Crippen LogP contribution is 2.66. The van der Waals surface area contributed by atoms with Crippen molar-refractivity contribution in [2.45, 2.75) is 28.9 Å². The molecule has 0 heterocycles. The van der Waals surface area contributed by atoms with E-state index in [2.05, 4.69) is 69.6 Å². The molecule has 2 nitrogen and oxygen atoms in total. The molecule has 2 aromatic carbocycles. The minimum Gasteiger partial charge on any atom is -0.395 e. The lowest BCUT2D eigenvalue weighted by Crippen LogP contribution is -2.19. The van der Waals surface area contributed by atoms with Crippen molar-refractivity contribution in [2.24, 2.45) is 0 Å². The van der Waals surface area contributed by atoms with Crippen LogP contribution >= 0.6 is 31.9 Å². The molecule has 134 valence electrons. The average Bonchev–Trinajstić information content (AvgIpc) is 3.18. The van der Waals surface area contributed by atoms with E-state index in [4.69, 9.17) is 5.11 Å². The Bertz CT molecular complexity index is 721. The van der Waals surface area contributed by atoms with Crippen molar-refractivity contribution >= 4 is 37.4 Å². The van der Waals surface area contributed by atoms with Gasteiger partial charge in [0.15, 0.2) is 0 Å². The highest BCUT2D eigenvalue weighted by atomic mass is 79.9. The number of hydrogen-bond donors (Lipinski definition) is 2. The van der Waals surface area contributed by atoms with Crippen molar-refractivity contribution in [2.75, 3.05) is 13.2 Å². The smallest absolute Gasteiger partial charge is 0.0934 e. The molecule has 3 rings (SSSR count). The highest BCUT2D eigenvalue weighted by molar-refractivity contribution is 9.25. The molecule has 0 aliphatic heterocycles. The van der Waals surface area contributed by atoms with E-state index in [0.29, 0.717) is 0 Å². The second-order valence-electron chi connectivity index (χ2n) is 6.62. The quantitative estimate of drug-likeness (QED) is 0.613. The number of halogens is 2. The summed E-state index contributed by atoms with van der Waals surface area (Å²) >= 11 is 7.16. The number of rotatable bonds is 4. The minimum atomic E-state index is -0.138. The Morgan fingerprint density at radius 3 is 1.76 bits per heavy atom. The van der Waals surface area contributed by atoms with Gasteiger partial charge in [0, 0.05) is 5.41 Å². The molecule has 1 fully saturated rings. The van der Waals surface area contributed by atoms with E-state index in [1.165, 1.54) is 16.7 Å². The molecule has 0 radical (unpaired) electrons. The molecule has 1 saturated carbocycles. The lowest BCUT2D eigenvalue weighted by atomic mass is 9.96. The van der Waals surface area contributed by atoms with Gasteiger partial charge in [-0.3, -0.25) is 0 Å². The average molecular weight is 468 g/mol. The second-order valence-corrected chi connectivity index (χ2v) is 10.4. The van der Waals surface area contributed by atoms with Crippen LogP contribution in [0.25, 0.3) is 5.57 Å². The third-order valence-electron chi connectivity index (χ3n) is 4.62. The number of alkyl halides is 2. The molecule has 0 amide bonds. The fraction of sp³-hybridized carbons (Fsp3) is 0.333. The first-order valence-corrected chi connectivity index (χ1v) is 9.76. The molecule has 1 atom stereocenters. The maximum absolute atomic E-state index is 9.45. The Kier molecular flexibility index (Phi) is 6.66. The van der Waals surface area contributed by atoms with E-state index in [-0.39, 0.29) is 21.9 Å². The zero-order chi connectivity index (χ0) is 18.7. The number of aliphatic hydroxyl groups excluding tert-OH is 2. The number of benzene rings is 2. The Morgan fingerprint density at radius 2 is 1.40 bits per heavy atom. The maximum Gasteiger partial charge on any atom is 0.0934 e. The Balaban J connectivity index is 0.000000186. The van der Waals surface area contributed by atoms with E-state index in [0.717, 1.165) is 17.6 Å². The van der Waals surface area contributed by atoms with Crippen LogP contribution in [0, 0.1) is 13.8 Å². The summed E-state index contributed by atoms with van der Waals surface area (Å²) in [6, 6.07) is 16.3. The Hall–Kier alpha value is -0.940. The fourth-order valence-electron chi connectivity index (χ4n) is 2.66. The molecule has 4 heteroatoms. The van der Waals surface area contributed by atoms with Gasteiger partial charge in [0.1, 0.15) is 0 Å². The summed E-state index contributed by atoms with van der Waals surface area (Å²) in [4.78, 5) is 0. The van der Waals surface area contributed by atoms with Crippen LogP contribution in [0.15, 0.2) is 55.1 Å². The van der Waals surface area contributed by atoms with Crippen LogP contribution in [0.4, 0.5) is 0 Å². The van der Waals surface area contributed by atoms with Gasteiger partial charge in [-0.15, -0.1) is 0 Å². The molecule has 1 aliphatic rings. The monoisotopic (exact) mass is 466 g/mol. The summed E-state index contributed by atoms with van der Waals surface area (Å²) in [7, 11) is 0. The molecule has 25 heavy (non-hydrogen) atoms. The van der Waals surface area contributed by atoms with E-state index in [9.17, 15) is 5.11 Å². The molecule has 2 N–H and O–H groups in total. The molecule has 0 aromatic heterocycles. The van der Waals surface area contributed by atoms with E-state index >= 15 is 0 Å². The number of aliphatic hydroxyl groups is 2. The van der Waals surface area contributed by atoms with Crippen molar-refractivity contribution in [1.82, 2.24) is 0 Å². The molecule has 0 saturated heterocycles. The van der Waals surface area contributed by atoms with Crippen LogP contribution in [-0.4, -0.2) is 26.7 Å². The molecule has 2 aromatic rings. The predicted molar refractivity (Wildman–Crippen MR) is 112 cm³/mol. The summed E-state index contributed by atoms with van der Waals surface area (Å²) in [6.45, 7) is 8.03. The van der Waals surface area contributed by atoms with Crippen molar-refractivity contribution in [3.8, 4) is 0 Å². The first-order valence-electron chi connectivity index (χ1n) is 8.17. The van der Waals surface area contributed by atoms with Crippen molar-refractivity contribution in [3.63, 3.8) is 0 Å². The summed E-state index contributed by atoms with van der Waals surface area (Å²) in [5.41, 5.74) is 5.31. The van der Waals surface area contributed by atoms with Crippen LogP contribution in [0.2, 0.25) is 0 Å². The van der Waals surface area contributed by atoms with Crippen LogP contribution in [0.5, 0.6) is 0 Å². The van der Waals surface area contributed by atoms with Gasteiger partial charge < -0.3 is 10.2 Å². The zero-order valence-electron chi connectivity index (χ0n) is 14.6. The van der Waals surface area contributed by atoms with E-state index < -0.39 is 0 Å². The predicted octanol–water partition coefficient (Wildman–Crippen LogP) is 5.12. The Labute approximate surface area is 166 Å². The number of hydrogen-bond acceptors (Lipinski definition) is 2. The van der Waals surface area contributed by atoms with E-state index in [1.807, 2.05) is 31.2 Å². The maximum atomic E-state index is 9.45. The molecule has 1 aliphatic carbocycles. The first kappa shape index (κ1) is 20.4. The Morgan fingerprint density at radius 1 is 0.960 bits per heavy atom. The van der Waals surface area contributed by atoms with Crippen LogP contribution in [0.3, 0.4) is 0 Å². The van der Waals surface area contributed by atoms with Gasteiger partial charge in [0.25, 0.3) is 0 Å². The van der Waals surface area contributed by atoms with Crippen LogP contribution in [-0.2, 0) is 5.41 Å². The van der Waals surface area contributed by atoms with Gasteiger partial charge in [0.05, 0.1) is 16.4 Å². The van der Waals surface area contributed by atoms with Crippen molar-refractivity contribution in [3.05, 3.63) is 77.4 Å². The van der Waals surface area contributed by atoms with Gasteiger partial charge in [-0.2, -0.15) is 0 Å². The van der Waals surface area contributed by atoms with Gasteiger partial charge in [-0.1, -0.05) is 98.1 Å². The SMILES string of the molecule is C=C(CO)c1ccc(C)cc1.Cc1ccc(C2(CO)CC2(Br)Br)cc1. The largest absolute Gasteiger partial charge is 0.395 e. The summed E-state index contributed by atoms with van der Waals surface area (Å²) in [5.74, 6) is 0. The summed E-state index contributed by atoms with van der Waals surface area (Å²) in [6.07, 6.45) is 0.930. The van der Waals surface area contributed by atoms with Crippen molar-refractivity contribution < 1.29 is 10.2 Å². The minimum absolute atomic E-state index is 0.0308. The van der Waals surface area contributed by atoms with Crippen LogP contribution in [0.1, 0.15) is 28.7 Å². The molecular formula is C21H24Br2O2. The normalized spacial score (nSPS) is 20.4. The molecular weight excluding hydrogens is 444 g/mol. The summed E-state index contributed by atoms with van der Waals surface area (Å²) in [5, 5.41) is 18.2. The standard InChI is InChI=1S/C11H12Br2O.C10H12O/c1-8-2-4-9(5-3-8)10(7-14)6-11(10,12)13;1-8-3-5-10(6-4-8)9(2)7-11/h2-5,14H,6-7H2,1H3;3-6,11H,2,7H2,1H3. The van der Waals surface area contributed by atoms with Gasteiger partial charge in [-0.05, 0) is 37.0 Å². The van der Waals surface area contributed by atoms with Gasteiger partial charge in [0.2, 0.25) is 0 Å². The topological polar surface area (TPSA) is 40.5 Å². The highest BCUT2D eigenvalue weighted by Gasteiger charge is 2.65. The third kappa shape index (κ3) is 4.62. The molecule has 0 bridgehead atoms. The lowest BCUT2D eigenvalue weighted by molar-refractivity contribution is 0.255. The third-order valence-corrected chi connectivity index (χ3v) is 6.70. The van der Waals surface area contributed by atoms with E-state index in [1.54, 1.807) is 0 Å². The van der Waals surface area contributed by atoms with Gasteiger partial charge >= 0.3 is 0 Å². The van der Waals surface area contributed by atoms with Crippen LogP contribution < -0.4 is 0 Å². The van der Waals surface area contributed by atoms with Crippen molar-refractivity contribution in [1.29, 1.82) is 0 Å². The first-order chi connectivity index (χ1) is 11.8. The second kappa shape index (κ2) is 8.17. The lowest BCUT2D eigenvalue weighted by Gasteiger charge is -2.16. The molecule has 1 unspecified atom stereocenters. The van der Waals surface area contributed by atoms with Gasteiger partial charge in [-0.25, -0.2) is 0 Å². The fourth-order valence-corrected chi connectivity index (χ4v) is 4.33. The molecule has 0 spiro atoms. The zero-order valence-corrected chi connectivity index (χ0v) is 17.8. The summed E-state index contributed by atoms with van der Waals surface area (Å²) < 4.78 is -0.114.